The van der Waals surface area contributed by atoms with Crippen molar-refractivity contribution in [2.45, 2.75) is 50.8 Å². The van der Waals surface area contributed by atoms with Crippen molar-refractivity contribution in [3.05, 3.63) is 0 Å². The number of rotatable bonds is 6. The van der Waals surface area contributed by atoms with Crippen molar-refractivity contribution < 1.29 is 14.6 Å². The van der Waals surface area contributed by atoms with Crippen LogP contribution in [0.15, 0.2) is 0 Å². The molecule has 0 radical (unpaired) electrons. The van der Waals surface area contributed by atoms with Crippen molar-refractivity contribution in [1.82, 2.24) is 10.6 Å². The molecule has 0 aliphatic heterocycles. The molecule has 1 unspecified atom stereocenters. The van der Waals surface area contributed by atoms with E-state index in [-0.39, 0.29) is 18.1 Å². The summed E-state index contributed by atoms with van der Waals surface area (Å²) in [6.07, 6.45) is 3.39. The van der Waals surface area contributed by atoms with Crippen LogP contribution in [-0.2, 0) is 9.53 Å². The molecule has 100 valence electrons. The SMILES string of the molecule is COCCNC(=O)C(C)NC1CCC(O)CC1. The van der Waals surface area contributed by atoms with Gasteiger partial charge in [0, 0.05) is 19.7 Å². The number of hydrogen-bond acceptors (Lipinski definition) is 4. The molecule has 1 amide bonds. The molecular weight excluding hydrogens is 220 g/mol. The number of aliphatic hydroxyl groups is 1. The van der Waals surface area contributed by atoms with E-state index in [4.69, 9.17) is 4.74 Å². The monoisotopic (exact) mass is 244 g/mol. The third kappa shape index (κ3) is 5.48. The van der Waals surface area contributed by atoms with Crippen LogP contribution < -0.4 is 10.6 Å². The standard InChI is InChI=1S/C12H24N2O3/c1-9(12(16)13-7-8-17-2)14-10-3-5-11(15)6-4-10/h9-11,14-15H,3-8H2,1-2H3,(H,13,16). The molecule has 1 aliphatic carbocycles. The minimum atomic E-state index is -0.188. The Morgan fingerprint density at radius 1 is 1.41 bits per heavy atom. The number of hydrogen-bond donors (Lipinski definition) is 3. The highest BCUT2D eigenvalue weighted by molar-refractivity contribution is 5.81. The zero-order valence-electron chi connectivity index (χ0n) is 10.7. The van der Waals surface area contributed by atoms with Crippen molar-refractivity contribution in [3.8, 4) is 0 Å². The third-order valence-electron chi connectivity index (χ3n) is 3.18. The van der Waals surface area contributed by atoms with Gasteiger partial charge in [-0.05, 0) is 32.6 Å². The fraction of sp³-hybridized carbons (Fsp3) is 0.917. The van der Waals surface area contributed by atoms with Gasteiger partial charge in [-0.25, -0.2) is 0 Å². The molecule has 1 fully saturated rings. The molecular formula is C12H24N2O3. The average molecular weight is 244 g/mol. The smallest absolute Gasteiger partial charge is 0.236 e. The van der Waals surface area contributed by atoms with Crippen molar-refractivity contribution in [3.63, 3.8) is 0 Å². The fourth-order valence-corrected chi connectivity index (χ4v) is 2.10. The maximum Gasteiger partial charge on any atom is 0.236 e. The molecule has 1 atom stereocenters. The normalized spacial score (nSPS) is 26.5. The molecule has 0 bridgehead atoms. The number of carbonyl (C=O) groups is 1. The molecule has 17 heavy (non-hydrogen) atoms. The zero-order valence-corrected chi connectivity index (χ0v) is 10.7. The molecule has 0 aromatic heterocycles. The van der Waals surface area contributed by atoms with Gasteiger partial charge in [-0.2, -0.15) is 0 Å². The molecule has 3 N–H and O–H groups in total. The molecule has 0 heterocycles. The molecule has 0 spiro atoms. The summed E-state index contributed by atoms with van der Waals surface area (Å²) in [5, 5.41) is 15.5. The molecule has 0 aromatic rings. The molecule has 0 saturated heterocycles. The van der Waals surface area contributed by atoms with Gasteiger partial charge in [0.05, 0.1) is 18.8 Å². The predicted octanol–water partition coefficient (Wildman–Crippen LogP) is 0.0306. The van der Waals surface area contributed by atoms with Crippen LogP contribution in [-0.4, -0.2) is 49.5 Å². The Morgan fingerprint density at radius 2 is 2.06 bits per heavy atom. The second-order valence-electron chi connectivity index (χ2n) is 4.68. The van der Waals surface area contributed by atoms with Crippen LogP contribution in [0.4, 0.5) is 0 Å². The van der Waals surface area contributed by atoms with Crippen molar-refractivity contribution in [1.29, 1.82) is 0 Å². The first-order valence-electron chi connectivity index (χ1n) is 6.34. The van der Waals surface area contributed by atoms with Crippen LogP contribution in [0, 0.1) is 0 Å². The number of nitrogens with one attached hydrogen (secondary N) is 2. The van der Waals surface area contributed by atoms with Gasteiger partial charge in [0.25, 0.3) is 0 Å². The molecule has 5 nitrogen and oxygen atoms in total. The van der Waals surface area contributed by atoms with E-state index in [9.17, 15) is 9.90 Å². The number of aliphatic hydroxyl groups excluding tert-OH is 1. The minimum absolute atomic E-state index is 0.00757. The highest BCUT2D eigenvalue weighted by Crippen LogP contribution is 2.18. The first kappa shape index (κ1) is 14.4. The van der Waals surface area contributed by atoms with Gasteiger partial charge in [0.15, 0.2) is 0 Å². The van der Waals surface area contributed by atoms with Crippen molar-refractivity contribution >= 4 is 5.91 Å². The first-order chi connectivity index (χ1) is 8.13. The van der Waals surface area contributed by atoms with E-state index in [2.05, 4.69) is 10.6 Å². The Labute approximate surface area is 103 Å². The fourth-order valence-electron chi connectivity index (χ4n) is 2.10. The lowest BCUT2D eigenvalue weighted by Gasteiger charge is -2.28. The summed E-state index contributed by atoms with van der Waals surface area (Å²) in [5.41, 5.74) is 0. The van der Waals surface area contributed by atoms with Gasteiger partial charge >= 0.3 is 0 Å². The van der Waals surface area contributed by atoms with Gasteiger partial charge in [-0.15, -0.1) is 0 Å². The van der Waals surface area contributed by atoms with Crippen LogP contribution in [0.3, 0.4) is 0 Å². The van der Waals surface area contributed by atoms with Gasteiger partial charge in [-0.3, -0.25) is 4.79 Å². The Hall–Kier alpha value is -0.650. The lowest BCUT2D eigenvalue weighted by molar-refractivity contribution is -0.123. The third-order valence-corrected chi connectivity index (χ3v) is 3.18. The minimum Gasteiger partial charge on any atom is -0.393 e. The highest BCUT2D eigenvalue weighted by atomic mass is 16.5. The van der Waals surface area contributed by atoms with E-state index in [1.54, 1.807) is 7.11 Å². The summed E-state index contributed by atoms with van der Waals surface area (Å²) in [7, 11) is 1.61. The second kappa shape index (κ2) is 7.63. The lowest BCUT2D eigenvalue weighted by atomic mass is 9.92. The number of methoxy groups -OCH3 is 1. The summed E-state index contributed by atoms with van der Waals surface area (Å²) in [6.45, 7) is 2.95. The molecule has 5 heteroatoms. The molecule has 1 aliphatic rings. The van der Waals surface area contributed by atoms with Gasteiger partial charge in [0.1, 0.15) is 0 Å². The summed E-state index contributed by atoms with van der Waals surface area (Å²) in [4.78, 5) is 11.7. The van der Waals surface area contributed by atoms with Crippen LogP contribution >= 0.6 is 0 Å². The maximum atomic E-state index is 11.7. The summed E-state index contributed by atoms with van der Waals surface area (Å²) in [6, 6.07) is 0.161. The van der Waals surface area contributed by atoms with Crippen LogP contribution in [0.1, 0.15) is 32.6 Å². The number of carbonyl (C=O) groups excluding carboxylic acids is 1. The summed E-state index contributed by atoms with van der Waals surface area (Å²) in [5.74, 6) is 0.00757. The van der Waals surface area contributed by atoms with Crippen LogP contribution in [0.5, 0.6) is 0 Å². The van der Waals surface area contributed by atoms with E-state index in [0.717, 1.165) is 25.7 Å². The largest absolute Gasteiger partial charge is 0.393 e. The van der Waals surface area contributed by atoms with Gasteiger partial charge in [-0.1, -0.05) is 0 Å². The maximum absolute atomic E-state index is 11.7. The number of ether oxygens (including phenoxy) is 1. The molecule has 0 aromatic carbocycles. The quantitative estimate of drug-likeness (QED) is 0.577. The first-order valence-corrected chi connectivity index (χ1v) is 6.34. The van der Waals surface area contributed by atoms with Crippen molar-refractivity contribution in [2.75, 3.05) is 20.3 Å². The predicted molar refractivity (Wildman–Crippen MR) is 65.7 cm³/mol. The Balaban J connectivity index is 2.19. The Morgan fingerprint density at radius 3 is 2.65 bits per heavy atom. The number of amides is 1. The Kier molecular flexibility index (Phi) is 6.47. The average Bonchev–Trinajstić information content (AvgIpc) is 2.32. The topological polar surface area (TPSA) is 70.6 Å². The lowest BCUT2D eigenvalue weighted by Crippen LogP contribution is -2.48. The van der Waals surface area contributed by atoms with E-state index in [0.29, 0.717) is 19.2 Å². The van der Waals surface area contributed by atoms with Gasteiger partial charge in [0.2, 0.25) is 5.91 Å². The van der Waals surface area contributed by atoms with Crippen LogP contribution in [0.2, 0.25) is 0 Å². The van der Waals surface area contributed by atoms with E-state index < -0.39 is 0 Å². The van der Waals surface area contributed by atoms with E-state index in [1.807, 2.05) is 6.92 Å². The zero-order chi connectivity index (χ0) is 12.7. The summed E-state index contributed by atoms with van der Waals surface area (Å²) < 4.78 is 4.87. The van der Waals surface area contributed by atoms with Crippen molar-refractivity contribution in [2.24, 2.45) is 0 Å². The van der Waals surface area contributed by atoms with Gasteiger partial charge < -0.3 is 20.5 Å². The summed E-state index contributed by atoms with van der Waals surface area (Å²) >= 11 is 0. The molecule has 1 saturated carbocycles. The highest BCUT2D eigenvalue weighted by Gasteiger charge is 2.22. The van der Waals surface area contributed by atoms with Crippen LogP contribution in [0.25, 0.3) is 0 Å². The molecule has 1 rings (SSSR count). The van der Waals surface area contributed by atoms with E-state index in [1.165, 1.54) is 0 Å². The Bertz CT molecular complexity index is 228. The second-order valence-corrected chi connectivity index (χ2v) is 4.68. The van der Waals surface area contributed by atoms with E-state index >= 15 is 0 Å².